The van der Waals surface area contributed by atoms with Crippen LogP contribution in [0.3, 0.4) is 0 Å². The molecule has 0 aromatic carbocycles. The third-order valence-electron chi connectivity index (χ3n) is 3.40. The van der Waals surface area contributed by atoms with Crippen LogP contribution in [0.1, 0.15) is 23.2 Å². The van der Waals surface area contributed by atoms with Gasteiger partial charge in [0.15, 0.2) is 6.61 Å². The molecule has 2 heterocycles. The van der Waals surface area contributed by atoms with Gasteiger partial charge in [0.25, 0.3) is 5.91 Å². The van der Waals surface area contributed by atoms with E-state index in [9.17, 15) is 22.4 Å². The highest BCUT2D eigenvalue weighted by atomic mass is 35.5. The van der Waals surface area contributed by atoms with Gasteiger partial charge < -0.3 is 15.4 Å². The number of rotatable bonds is 7. The number of nitrogens with one attached hydrogen (secondary N) is 2. The van der Waals surface area contributed by atoms with E-state index in [2.05, 4.69) is 20.4 Å². The predicted octanol–water partition coefficient (Wildman–Crippen LogP) is 2.26. The van der Waals surface area contributed by atoms with Crippen LogP contribution in [0.15, 0.2) is 18.3 Å². The average Bonchev–Trinajstić information content (AvgIpc) is 3.04. The van der Waals surface area contributed by atoms with Gasteiger partial charge in [0.2, 0.25) is 5.88 Å². The zero-order valence-electron chi connectivity index (χ0n) is 12.6. The summed E-state index contributed by atoms with van der Waals surface area (Å²) in [5, 5.41) is 5.96. The summed E-state index contributed by atoms with van der Waals surface area (Å²) in [7, 11) is 0. The van der Waals surface area contributed by atoms with Gasteiger partial charge in [-0.3, -0.25) is 4.79 Å². The lowest BCUT2D eigenvalue weighted by Gasteiger charge is -2.15. The predicted molar refractivity (Wildman–Crippen MR) is 81.3 cm³/mol. The van der Waals surface area contributed by atoms with Crippen LogP contribution in [0.2, 0.25) is 0 Å². The first-order valence-electron chi connectivity index (χ1n) is 7.15. The van der Waals surface area contributed by atoms with Crippen LogP contribution in [0.4, 0.5) is 17.6 Å². The molecule has 1 aliphatic heterocycles. The second-order valence-corrected chi connectivity index (χ2v) is 5.24. The number of hydrogen-bond acceptors (Lipinski definition) is 4. The molecule has 24 heavy (non-hydrogen) atoms. The molecule has 1 aliphatic rings. The molecule has 0 aliphatic carbocycles. The first-order valence-corrected chi connectivity index (χ1v) is 7.15. The van der Waals surface area contributed by atoms with Gasteiger partial charge in [-0.25, -0.2) is 13.8 Å². The topological polar surface area (TPSA) is 63.2 Å². The number of hydrogen-bond donors (Lipinski definition) is 2. The smallest absolute Gasteiger partial charge is 0.340 e. The van der Waals surface area contributed by atoms with Crippen molar-refractivity contribution >= 4 is 18.3 Å². The number of carbonyl (C=O) groups excluding carboxylic acids is 1. The maximum absolute atomic E-state index is 12.7. The van der Waals surface area contributed by atoms with E-state index >= 15 is 0 Å². The summed E-state index contributed by atoms with van der Waals surface area (Å²) in [6, 6.07) is 2.76. The fraction of sp³-hybridized carbons (Fsp3) is 0.571. The van der Waals surface area contributed by atoms with Crippen LogP contribution in [-0.4, -0.2) is 49.0 Å². The molecule has 1 unspecified atom stereocenters. The fourth-order valence-electron chi connectivity index (χ4n) is 2.08. The Morgan fingerprint density at radius 2 is 2.21 bits per heavy atom. The molecule has 10 heteroatoms. The van der Waals surface area contributed by atoms with Crippen LogP contribution in [0.25, 0.3) is 0 Å². The summed E-state index contributed by atoms with van der Waals surface area (Å²) < 4.78 is 53.9. The van der Waals surface area contributed by atoms with Crippen molar-refractivity contribution in [3.63, 3.8) is 0 Å². The van der Waals surface area contributed by atoms with Gasteiger partial charge in [-0.2, -0.15) is 8.78 Å². The number of pyridine rings is 1. The number of aromatic nitrogens is 1. The summed E-state index contributed by atoms with van der Waals surface area (Å²) >= 11 is 0. The Balaban J connectivity index is 0.00000288. The van der Waals surface area contributed by atoms with Crippen LogP contribution in [0, 0.1) is 0 Å². The number of nitrogens with zero attached hydrogens (tertiary/aromatic N) is 1. The van der Waals surface area contributed by atoms with Crippen molar-refractivity contribution in [2.45, 2.75) is 31.2 Å². The third-order valence-corrected chi connectivity index (χ3v) is 3.40. The molecule has 136 valence electrons. The quantitative estimate of drug-likeness (QED) is 0.722. The van der Waals surface area contributed by atoms with Gasteiger partial charge in [0, 0.05) is 24.8 Å². The van der Waals surface area contributed by atoms with Crippen LogP contribution < -0.4 is 15.4 Å². The number of halogens is 5. The lowest BCUT2D eigenvalue weighted by molar-refractivity contribution is -0.148. The minimum Gasteiger partial charge on any atom is -0.471 e. The molecule has 1 saturated heterocycles. The summed E-state index contributed by atoms with van der Waals surface area (Å²) in [4.78, 5) is 15.5. The lowest BCUT2D eigenvalue weighted by Crippen LogP contribution is -2.37. The van der Waals surface area contributed by atoms with E-state index in [4.69, 9.17) is 0 Å². The molecule has 2 N–H and O–H groups in total. The Morgan fingerprint density at radius 3 is 2.75 bits per heavy atom. The summed E-state index contributed by atoms with van der Waals surface area (Å²) in [6.07, 6.45) is -0.606. The number of carbonyl (C=O) groups is 1. The van der Waals surface area contributed by atoms with E-state index in [1.165, 1.54) is 12.1 Å². The zero-order valence-corrected chi connectivity index (χ0v) is 13.4. The van der Waals surface area contributed by atoms with Gasteiger partial charge >= 0.3 is 12.3 Å². The van der Waals surface area contributed by atoms with E-state index in [0.29, 0.717) is 6.54 Å². The zero-order chi connectivity index (χ0) is 16.9. The van der Waals surface area contributed by atoms with Gasteiger partial charge in [0.05, 0.1) is 5.56 Å². The maximum Gasteiger partial charge on any atom is 0.340 e. The number of alkyl halides is 4. The highest BCUT2D eigenvalue weighted by molar-refractivity contribution is 5.93. The monoisotopic (exact) mass is 371 g/mol. The second kappa shape index (κ2) is 9.03. The summed E-state index contributed by atoms with van der Waals surface area (Å²) in [5.41, 5.74) is 0.232. The molecule has 1 atom stereocenters. The van der Waals surface area contributed by atoms with Crippen molar-refractivity contribution in [2.24, 2.45) is 0 Å². The minimum absolute atomic E-state index is 0. The third kappa shape index (κ3) is 5.79. The van der Waals surface area contributed by atoms with Gasteiger partial charge in [-0.1, -0.05) is 0 Å². The van der Waals surface area contributed by atoms with E-state index < -0.39 is 19.0 Å². The van der Waals surface area contributed by atoms with E-state index in [1.807, 2.05) is 0 Å². The van der Waals surface area contributed by atoms with Gasteiger partial charge in [0.1, 0.15) is 0 Å². The summed E-state index contributed by atoms with van der Waals surface area (Å²) in [5.74, 6) is -4.85. The largest absolute Gasteiger partial charge is 0.471 e. The van der Waals surface area contributed by atoms with E-state index in [0.717, 1.165) is 25.6 Å². The van der Waals surface area contributed by atoms with Gasteiger partial charge in [-0.15, -0.1) is 12.4 Å². The maximum atomic E-state index is 12.7. The van der Waals surface area contributed by atoms with Crippen molar-refractivity contribution in [3.05, 3.63) is 23.9 Å². The molecule has 1 amide bonds. The molecule has 0 spiro atoms. The number of ether oxygens (including phenoxy) is 1. The molecular formula is C14H18ClF4N3O2. The van der Waals surface area contributed by atoms with E-state index in [-0.39, 0.29) is 35.8 Å². The lowest BCUT2D eigenvalue weighted by atomic mass is 10.2. The SMILES string of the molecule is Cl.O=C(NCC1CCCN1)c1ccc(OCC(F)(F)C(F)F)nc1. The first-order chi connectivity index (χ1) is 10.9. The van der Waals surface area contributed by atoms with Crippen molar-refractivity contribution in [3.8, 4) is 5.88 Å². The summed E-state index contributed by atoms with van der Waals surface area (Å²) in [6.45, 7) is -0.0639. The standard InChI is InChI=1S/C14H17F4N3O2.ClH/c15-13(16)14(17,18)8-23-11-4-3-9(6-20-11)12(22)21-7-10-2-1-5-19-10;/h3-4,6,10,13,19H,1-2,5,7-8H2,(H,21,22);1H. The first kappa shape index (κ1) is 20.4. The average molecular weight is 372 g/mol. The second-order valence-electron chi connectivity index (χ2n) is 5.24. The highest BCUT2D eigenvalue weighted by Crippen LogP contribution is 2.23. The molecule has 0 saturated carbocycles. The van der Waals surface area contributed by atoms with Crippen molar-refractivity contribution in [1.29, 1.82) is 0 Å². The molecule has 1 aromatic heterocycles. The normalized spacial score (nSPS) is 17.5. The van der Waals surface area contributed by atoms with E-state index in [1.54, 1.807) is 0 Å². The van der Waals surface area contributed by atoms with Crippen molar-refractivity contribution in [2.75, 3.05) is 19.7 Å². The Labute approximate surface area is 142 Å². The van der Waals surface area contributed by atoms with Crippen LogP contribution >= 0.6 is 12.4 Å². The fourth-order valence-corrected chi connectivity index (χ4v) is 2.08. The van der Waals surface area contributed by atoms with Crippen molar-refractivity contribution in [1.82, 2.24) is 15.6 Å². The van der Waals surface area contributed by atoms with Crippen LogP contribution in [-0.2, 0) is 0 Å². The molecule has 1 aromatic rings. The molecule has 0 radical (unpaired) electrons. The Bertz CT molecular complexity index is 525. The Kier molecular flexibility index (Phi) is 7.68. The Morgan fingerprint density at radius 1 is 1.46 bits per heavy atom. The molecule has 1 fully saturated rings. The number of amides is 1. The molecular weight excluding hydrogens is 354 g/mol. The minimum atomic E-state index is -4.24. The molecule has 0 bridgehead atoms. The molecule has 5 nitrogen and oxygen atoms in total. The Hall–Kier alpha value is -1.61. The van der Waals surface area contributed by atoms with Gasteiger partial charge in [-0.05, 0) is 25.5 Å². The highest BCUT2D eigenvalue weighted by Gasteiger charge is 2.41. The van der Waals surface area contributed by atoms with Crippen molar-refractivity contribution < 1.29 is 27.1 Å². The molecule has 2 rings (SSSR count). The van der Waals surface area contributed by atoms with Crippen LogP contribution in [0.5, 0.6) is 5.88 Å².